The van der Waals surface area contributed by atoms with Gasteiger partial charge in [0.05, 0.1) is 0 Å². The molecule has 88 valence electrons. The highest BCUT2D eigenvalue weighted by Crippen LogP contribution is 2.26. The lowest BCUT2D eigenvalue weighted by Gasteiger charge is -2.17. The predicted octanol–water partition coefficient (Wildman–Crippen LogP) is 2.83. The zero-order valence-corrected chi connectivity index (χ0v) is 9.74. The van der Waals surface area contributed by atoms with Crippen LogP contribution in [0.3, 0.4) is 0 Å². The standard InChI is InChI=1S/C13H18FNO/c1-9(2)7-11(8-13(15)16)10-3-5-12(14)6-4-10/h3-6,9,11H,7-8H2,1-2H3,(H2,15,16). The van der Waals surface area contributed by atoms with Gasteiger partial charge in [-0.1, -0.05) is 26.0 Å². The minimum atomic E-state index is -0.310. The summed E-state index contributed by atoms with van der Waals surface area (Å²) in [5, 5.41) is 0. The highest BCUT2D eigenvalue weighted by molar-refractivity contribution is 5.74. The molecule has 0 aromatic heterocycles. The second-order valence-corrected chi connectivity index (χ2v) is 4.55. The van der Waals surface area contributed by atoms with Crippen molar-refractivity contribution >= 4 is 5.91 Å². The van der Waals surface area contributed by atoms with Crippen molar-refractivity contribution in [1.29, 1.82) is 0 Å². The van der Waals surface area contributed by atoms with Crippen LogP contribution in [0.25, 0.3) is 0 Å². The number of benzene rings is 1. The number of amides is 1. The molecule has 1 unspecified atom stereocenters. The van der Waals surface area contributed by atoms with Gasteiger partial charge in [0.1, 0.15) is 5.82 Å². The number of halogens is 1. The molecule has 2 N–H and O–H groups in total. The average molecular weight is 223 g/mol. The van der Waals surface area contributed by atoms with Crippen molar-refractivity contribution in [1.82, 2.24) is 0 Å². The normalized spacial score (nSPS) is 12.8. The molecule has 0 aliphatic heterocycles. The van der Waals surface area contributed by atoms with Crippen LogP contribution < -0.4 is 5.73 Å². The summed E-state index contributed by atoms with van der Waals surface area (Å²) in [5.41, 5.74) is 6.20. The van der Waals surface area contributed by atoms with Crippen molar-refractivity contribution in [2.24, 2.45) is 11.7 Å². The SMILES string of the molecule is CC(C)CC(CC(N)=O)c1ccc(F)cc1. The number of carbonyl (C=O) groups excluding carboxylic acids is 1. The molecule has 1 aromatic carbocycles. The van der Waals surface area contributed by atoms with Crippen molar-refractivity contribution < 1.29 is 9.18 Å². The zero-order chi connectivity index (χ0) is 12.1. The fraction of sp³-hybridized carbons (Fsp3) is 0.462. The van der Waals surface area contributed by atoms with E-state index in [0.29, 0.717) is 12.3 Å². The molecule has 0 heterocycles. The van der Waals surface area contributed by atoms with Crippen LogP contribution in [0.2, 0.25) is 0 Å². The molecule has 16 heavy (non-hydrogen) atoms. The van der Waals surface area contributed by atoms with Gasteiger partial charge >= 0.3 is 0 Å². The minimum absolute atomic E-state index is 0.0955. The lowest BCUT2D eigenvalue weighted by molar-refractivity contribution is -0.118. The Kier molecular flexibility index (Phi) is 4.47. The molecule has 0 aliphatic rings. The number of hydrogen-bond donors (Lipinski definition) is 1. The Morgan fingerprint density at radius 3 is 2.31 bits per heavy atom. The summed E-state index contributed by atoms with van der Waals surface area (Å²) >= 11 is 0. The maximum atomic E-state index is 12.8. The first-order valence-corrected chi connectivity index (χ1v) is 5.52. The molecule has 0 bridgehead atoms. The van der Waals surface area contributed by atoms with Crippen LogP contribution in [0.4, 0.5) is 4.39 Å². The Balaban J connectivity index is 2.82. The number of carbonyl (C=O) groups is 1. The Bertz CT molecular complexity index is 345. The molecular weight excluding hydrogens is 205 g/mol. The van der Waals surface area contributed by atoms with Crippen LogP contribution >= 0.6 is 0 Å². The van der Waals surface area contributed by atoms with Crippen molar-refractivity contribution in [2.75, 3.05) is 0 Å². The Morgan fingerprint density at radius 1 is 1.31 bits per heavy atom. The summed E-state index contributed by atoms with van der Waals surface area (Å²) in [6.07, 6.45) is 1.21. The number of rotatable bonds is 5. The van der Waals surface area contributed by atoms with Gasteiger partial charge in [0.25, 0.3) is 0 Å². The van der Waals surface area contributed by atoms with E-state index in [1.165, 1.54) is 12.1 Å². The maximum Gasteiger partial charge on any atom is 0.218 e. The van der Waals surface area contributed by atoms with E-state index in [-0.39, 0.29) is 17.6 Å². The monoisotopic (exact) mass is 223 g/mol. The first-order chi connectivity index (χ1) is 7.49. The van der Waals surface area contributed by atoms with E-state index in [4.69, 9.17) is 5.73 Å². The van der Waals surface area contributed by atoms with Crippen molar-refractivity contribution in [3.63, 3.8) is 0 Å². The van der Waals surface area contributed by atoms with Crippen LogP contribution in [-0.2, 0) is 4.79 Å². The molecule has 1 aromatic rings. The Morgan fingerprint density at radius 2 is 1.88 bits per heavy atom. The topological polar surface area (TPSA) is 43.1 Å². The first kappa shape index (κ1) is 12.7. The second kappa shape index (κ2) is 5.64. The summed E-state index contributed by atoms with van der Waals surface area (Å²) in [5.74, 6) is 0.00796. The lowest BCUT2D eigenvalue weighted by Crippen LogP contribution is -2.16. The highest BCUT2D eigenvalue weighted by atomic mass is 19.1. The van der Waals surface area contributed by atoms with Gasteiger partial charge in [-0.15, -0.1) is 0 Å². The molecule has 2 nitrogen and oxygen atoms in total. The van der Waals surface area contributed by atoms with Gasteiger partial charge in [-0.05, 0) is 36.0 Å². The smallest absolute Gasteiger partial charge is 0.218 e. The lowest BCUT2D eigenvalue weighted by atomic mass is 9.87. The molecule has 0 spiro atoms. The molecular formula is C13H18FNO. The van der Waals surface area contributed by atoms with Gasteiger partial charge in [-0.2, -0.15) is 0 Å². The van der Waals surface area contributed by atoms with Crippen molar-refractivity contribution in [3.05, 3.63) is 35.6 Å². The van der Waals surface area contributed by atoms with Gasteiger partial charge in [-0.3, -0.25) is 4.79 Å². The van der Waals surface area contributed by atoms with Crippen LogP contribution in [0.5, 0.6) is 0 Å². The molecule has 3 heteroatoms. The second-order valence-electron chi connectivity index (χ2n) is 4.55. The quantitative estimate of drug-likeness (QED) is 0.819. The fourth-order valence-electron chi connectivity index (χ4n) is 1.88. The van der Waals surface area contributed by atoms with E-state index in [1.807, 2.05) is 0 Å². The fourth-order valence-corrected chi connectivity index (χ4v) is 1.88. The summed E-state index contributed by atoms with van der Waals surface area (Å²) < 4.78 is 12.8. The van der Waals surface area contributed by atoms with Crippen LogP contribution in [0.1, 0.15) is 38.2 Å². The van der Waals surface area contributed by atoms with Crippen molar-refractivity contribution in [3.8, 4) is 0 Å². The summed E-state index contributed by atoms with van der Waals surface area (Å²) in [4.78, 5) is 11.0. The summed E-state index contributed by atoms with van der Waals surface area (Å²) in [6, 6.07) is 6.30. The molecule has 1 atom stereocenters. The van der Waals surface area contributed by atoms with E-state index < -0.39 is 0 Å². The zero-order valence-electron chi connectivity index (χ0n) is 9.74. The predicted molar refractivity (Wildman–Crippen MR) is 62.4 cm³/mol. The third-order valence-electron chi connectivity index (χ3n) is 2.54. The largest absolute Gasteiger partial charge is 0.370 e. The molecule has 0 saturated heterocycles. The van der Waals surface area contributed by atoms with Gasteiger partial charge in [-0.25, -0.2) is 4.39 Å². The molecule has 0 radical (unpaired) electrons. The summed E-state index contributed by atoms with van der Waals surface area (Å²) in [6.45, 7) is 4.19. The van der Waals surface area contributed by atoms with E-state index in [9.17, 15) is 9.18 Å². The van der Waals surface area contributed by atoms with E-state index >= 15 is 0 Å². The van der Waals surface area contributed by atoms with Crippen molar-refractivity contribution in [2.45, 2.75) is 32.6 Å². The third kappa shape index (κ3) is 4.01. The van der Waals surface area contributed by atoms with Gasteiger partial charge in [0.15, 0.2) is 0 Å². The van der Waals surface area contributed by atoms with Crippen LogP contribution in [-0.4, -0.2) is 5.91 Å². The molecule has 0 aliphatic carbocycles. The first-order valence-electron chi connectivity index (χ1n) is 5.52. The Labute approximate surface area is 95.7 Å². The highest BCUT2D eigenvalue weighted by Gasteiger charge is 2.15. The van der Waals surface area contributed by atoms with Crippen LogP contribution in [0, 0.1) is 11.7 Å². The van der Waals surface area contributed by atoms with Gasteiger partial charge < -0.3 is 5.73 Å². The number of nitrogens with two attached hydrogens (primary N) is 1. The number of primary amides is 1. The van der Waals surface area contributed by atoms with E-state index in [2.05, 4.69) is 13.8 Å². The average Bonchev–Trinajstić information content (AvgIpc) is 2.16. The molecule has 1 amide bonds. The Hall–Kier alpha value is -1.38. The molecule has 0 saturated carbocycles. The molecule has 1 rings (SSSR count). The third-order valence-corrected chi connectivity index (χ3v) is 2.54. The van der Waals surface area contributed by atoms with E-state index in [0.717, 1.165) is 12.0 Å². The number of hydrogen-bond acceptors (Lipinski definition) is 1. The minimum Gasteiger partial charge on any atom is -0.370 e. The van der Waals surface area contributed by atoms with Crippen LogP contribution in [0.15, 0.2) is 24.3 Å². The molecule has 0 fully saturated rings. The maximum absolute atomic E-state index is 12.8. The van der Waals surface area contributed by atoms with Gasteiger partial charge in [0.2, 0.25) is 5.91 Å². The van der Waals surface area contributed by atoms with E-state index in [1.54, 1.807) is 12.1 Å². The summed E-state index contributed by atoms with van der Waals surface area (Å²) in [7, 11) is 0. The van der Waals surface area contributed by atoms with Gasteiger partial charge in [0, 0.05) is 6.42 Å².